The predicted octanol–water partition coefficient (Wildman–Crippen LogP) is 2.00. The third-order valence-electron chi connectivity index (χ3n) is 3.17. The monoisotopic (exact) mass is 216 g/mol. The molecule has 0 amide bonds. The number of H-pyrrole nitrogens is 1. The molecule has 1 aromatic carbocycles. The van der Waals surface area contributed by atoms with Crippen LogP contribution in [0.1, 0.15) is 5.56 Å². The molecule has 1 saturated heterocycles. The van der Waals surface area contributed by atoms with Crippen molar-refractivity contribution in [3.8, 4) is 0 Å². The van der Waals surface area contributed by atoms with E-state index >= 15 is 0 Å². The molecule has 1 N–H and O–H groups in total. The molecule has 0 unspecified atom stereocenters. The van der Waals surface area contributed by atoms with Crippen molar-refractivity contribution >= 4 is 10.9 Å². The fourth-order valence-corrected chi connectivity index (χ4v) is 2.26. The molecule has 3 nitrogen and oxygen atoms in total. The van der Waals surface area contributed by atoms with E-state index in [0.29, 0.717) is 0 Å². The number of aromatic amines is 1. The van der Waals surface area contributed by atoms with Gasteiger partial charge in [-0.1, -0.05) is 18.2 Å². The highest BCUT2D eigenvalue weighted by Gasteiger charge is 2.12. The van der Waals surface area contributed by atoms with Crippen LogP contribution in [0.15, 0.2) is 30.5 Å². The van der Waals surface area contributed by atoms with Gasteiger partial charge in [-0.15, -0.1) is 0 Å². The lowest BCUT2D eigenvalue weighted by Crippen LogP contribution is -2.35. The summed E-state index contributed by atoms with van der Waals surface area (Å²) < 4.78 is 5.36. The second kappa shape index (κ2) is 4.28. The van der Waals surface area contributed by atoms with E-state index in [2.05, 4.69) is 40.3 Å². The van der Waals surface area contributed by atoms with Crippen LogP contribution in [0, 0.1) is 0 Å². The van der Waals surface area contributed by atoms with E-state index in [1.807, 2.05) is 0 Å². The van der Waals surface area contributed by atoms with Crippen LogP contribution in [0.25, 0.3) is 10.9 Å². The quantitative estimate of drug-likeness (QED) is 0.831. The van der Waals surface area contributed by atoms with Crippen LogP contribution in [0.3, 0.4) is 0 Å². The number of benzene rings is 1. The average molecular weight is 216 g/mol. The number of rotatable bonds is 2. The topological polar surface area (TPSA) is 28.3 Å². The van der Waals surface area contributed by atoms with Gasteiger partial charge in [-0.2, -0.15) is 0 Å². The second-order valence-corrected chi connectivity index (χ2v) is 4.25. The van der Waals surface area contributed by atoms with Crippen LogP contribution < -0.4 is 0 Å². The Labute approximate surface area is 95.0 Å². The normalized spacial score (nSPS) is 18.0. The number of hydrogen-bond donors (Lipinski definition) is 1. The van der Waals surface area contributed by atoms with Gasteiger partial charge in [-0.05, 0) is 11.6 Å². The van der Waals surface area contributed by atoms with Crippen LogP contribution in [-0.2, 0) is 11.3 Å². The molecular weight excluding hydrogens is 200 g/mol. The van der Waals surface area contributed by atoms with Gasteiger partial charge >= 0.3 is 0 Å². The first-order valence-electron chi connectivity index (χ1n) is 5.78. The van der Waals surface area contributed by atoms with Crippen LogP contribution >= 0.6 is 0 Å². The summed E-state index contributed by atoms with van der Waals surface area (Å²) in [5, 5.41) is 1.34. The molecule has 3 rings (SSSR count). The van der Waals surface area contributed by atoms with Gasteiger partial charge in [0.2, 0.25) is 0 Å². The minimum atomic E-state index is 0.863. The number of hydrogen-bond acceptors (Lipinski definition) is 2. The molecule has 1 aliphatic rings. The Kier molecular flexibility index (Phi) is 2.64. The first-order chi connectivity index (χ1) is 7.93. The average Bonchev–Trinajstić information content (AvgIpc) is 2.74. The molecule has 1 aliphatic heterocycles. The number of nitrogens with zero attached hydrogens (tertiary/aromatic N) is 1. The van der Waals surface area contributed by atoms with Crippen molar-refractivity contribution in [1.82, 2.24) is 9.88 Å². The minimum Gasteiger partial charge on any atom is -0.379 e. The molecule has 0 spiro atoms. The van der Waals surface area contributed by atoms with E-state index < -0.39 is 0 Å². The third-order valence-corrected chi connectivity index (χ3v) is 3.17. The summed E-state index contributed by atoms with van der Waals surface area (Å²) in [5.41, 5.74) is 2.61. The molecule has 1 aromatic heterocycles. The van der Waals surface area contributed by atoms with Crippen molar-refractivity contribution in [3.63, 3.8) is 0 Å². The minimum absolute atomic E-state index is 0.863. The molecule has 2 aromatic rings. The maximum atomic E-state index is 5.36. The lowest BCUT2D eigenvalue weighted by atomic mass is 10.1. The SMILES string of the molecule is c1ccc2c(CN3CCOCC3)c[nH]c2c1. The fourth-order valence-electron chi connectivity index (χ4n) is 2.26. The Morgan fingerprint density at radius 3 is 2.88 bits per heavy atom. The summed E-state index contributed by atoms with van der Waals surface area (Å²) in [5.74, 6) is 0. The van der Waals surface area contributed by atoms with Gasteiger partial charge in [0, 0.05) is 36.7 Å². The molecule has 84 valence electrons. The zero-order valence-electron chi connectivity index (χ0n) is 9.28. The molecular formula is C13H16N2O. The molecule has 1 fully saturated rings. The Morgan fingerprint density at radius 1 is 1.19 bits per heavy atom. The van der Waals surface area contributed by atoms with E-state index in [-0.39, 0.29) is 0 Å². The van der Waals surface area contributed by atoms with Crippen LogP contribution in [0.4, 0.5) is 0 Å². The molecule has 0 atom stereocenters. The van der Waals surface area contributed by atoms with Crippen molar-refractivity contribution in [1.29, 1.82) is 0 Å². The van der Waals surface area contributed by atoms with Gasteiger partial charge in [0.05, 0.1) is 13.2 Å². The van der Waals surface area contributed by atoms with Crippen LogP contribution in [0.2, 0.25) is 0 Å². The standard InChI is InChI=1S/C13H16N2O/c1-2-4-13-12(3-1)11(9-14-13)10-15-5-7-16-8-6-15/h1-4,9,14H,5-8,10H2. The molecule has 0 saturated carbocycles. The van der Waals surface area contributed by atoms with E-state index in [0.717, 1.165) is 32.8 Å². The number of ether oxygens (including phenoxy) is 1. The maximum absolute atomic E-state index is 5.36. The summed E-state index contributed by atoms with van der Waals surface area (Å²) in [6.45, 7) is 4.83. The lowest BCUT2D eigenvalue weighted by Gasteiger charge is -2.26. The van der Waals surface area contributed by atoms with Crippen molar-refractivity contribution in [2.75, 3.05) is 26.3 Å². The van der Waals surface area contributed by atoms with E-state index in [4.69, 9.17) is 4.74 Å². The molecule has 3 heteroatoms. The van der Waals surface area contributed by atoms with Gasteiger partial charge in [0.25, 0.3) is 0 Å². The summed E-state index contributed by atoms with van der Waals surface area (Å²) in [6, 6.07) is 8.47. The van der Waals surface area contributed by atoms with Crippen LogP contribution in [-0.4, -0.2) is 36.2 Å². The number of para-hydroxylation sites is 1. The van der Waals surface area contributed by atoms with Crippen LogP contribution in [0.5, 0.6) is 0 Å². The summed E-state index contributed by atoms with van der Waals surface area (Å²) in [6.07, 6.45) is 2.13. The van der Waals surface area contributed by atoms with Gasteiger partial charge < -0.3 is 9.72 Å². The number of morpholine rings is 1. The number of aromatic nitrogens is 1. The molecule has 2 heterocycles. The third kappa shape index (κ3) is 1.84. The van der Waals surface area contributed by atoms with E-state index in [1.54, 1.807) is 0 Å². The van der Waals surface area contributed by atoms with E-state index in [1.165, 1.54) is 16.5 Å². The molecule has 0 radical (unpaired) electrons. The van der Waals surface area contributed by atoms with Gasteiger partial charge in [0.1, 0.15) is 0 Å². The summed E-state index contributed by atoms with van der Waals surface area (Å²) in [4.78, 5) is 5.76. The predicted molar refractivity (Wildman–Crippen MR) is 64.4 cm³/mol. The Balaban J connectivity index is 1.83. The summed E-state index contributed by atoms with van der Waals surface area (Å²) >= 11 is 0. The smallest absolute Gasteiger partial charge is 0.0594 e. The zero-order chi connectivity index (χ0) is 10.8. The lowest BCUT2D eigenvalue weighted by molar-refractivity contribution is 0.0343. The Hall–Kier alpha value is -1.32. The van der Waals surface area contributed by atoms with Crippen molar-refractivity contribution in [2.45, 2.75) is 6.54 Å². The molecule has 0 aliphatic carbocycles. The first kappa shape index (κ1) is 9.87. The molecule has 16 heavy (non-hydrogen) atoms. The van der Waals surface area contributed by atoms with Gasteiger partial charge in [-0.25, -0.2) is 0 Å². The Bertz CT molecular complexity index is 471. The zero-order valence-corrected chi connectivity index (χ0v) is 9.28. The van der Waals surface area contributed by atoms with Crippen molar-refractivity contribution in [3.05, 3.63) is 36.0 Å². The largest absolute Gasteiger partial charge is 0.379 e. The van der Waals surface area contributed by atoms with E-state index in [9.17, 15) is 0 Å². The highest BCUT2D eigenvalue weighted by atomic mass is 16.5. The first-order valence-corrected chi connectivity index (χ1v) is 5.78. The number of fused-ring (bicyclic) bond motifs is 1. The molecule has 0 bridgehead atoms. The van der Waals surface area contributed by atoms with Gasteiger partial charge in [0.15, 0.2) is 0 Å². The van der Waals surface area contributed by atoms with Gasteiger partial charge in [-0.3, -0.25) is 4.90 Å². The second-order valence-electron chi connectivity index (χ2n) is 4.25. The highest BCUT2D eigenvalue weighted by Crippen LogP contribution is 2.19. The highest BCUT2D eigenvalue weighted by molar-refractivity contribution is 5.82. The fraction of sp³-hybridized carbons (Fsp3) is 0.385. The Morgan fingerprint density at radius 2 is 2.00 bits per heavy atom. The maximum Gasteiger partial charge on any atom is 0.0594 e. The van der Waals surface area contributed by atoms with Crippen molar-refractivity contribution in [2.24, 2.45) is 0 Å². The summed E-state index contributed by atoms with van der Waals surface area (Å²) in [7, 11) is 0. The van der Waals surface area contributed by atoms with Crippen molar-refractivity contribution < 1.29 is 4.74 Å². The number of nitrogens with one attached hydrogen (secondary N) is 1.